The van der Waals surface area contributed by atoms with E-state index in [2.05, 4.69) is 10.4 Å². The summed E-state index contributed by atoms with van der Waals surface area (Å²) in [6.07, 6.45) is 1.97. The number of aromatic nitrogens is 2. The van der Waals surface area contributed by atoms with Crippen molar-refractivity contribution in [1.82, 2.24) is 15.1 Å². The van der Waals surface area contributed by atoms with Gasteiger partial charge in [-0.25, -0.2) is 0 Å². The highest BCUT2D eigenvalue weighted by atomic mass is 35.5. The zero-order valence-corrected chi connectivity index (χ0v) is 17.1. The third-order valence-electron chi connectivity index (χ3n) is 4.56. The molecule has 0 saturated heterocycles. The van der Waals surface area contributed by atoms with Crippen LogP contribution in [-0.4, -0.2) is 15.7 Å². The Bertz CT molecular complexity index is 964. The number of carbonyl (C=O) groups excluding carboxylic acids is 1. The van der Waals surface area contributed by atoms with Crippen LogP contribution in [0.25, 0.3) is 0 Å². The summed E-state index contributed by atoms with van der Waals surface area (Å²) in [5.74, 6) is 0.663. The fourth-order valence-electron chi connectivity index (χ4n) is 2.80. The molecule has 3 aromatic rings. The van der Waals surface area contributed by atoms with Gasteiger partial charge in [0, 0.05) is 35.4 Å². The molecular formula is C22H24ClN3O2. The molecule has 1 aromatic heterocycles. The molecule has 1 heterocycles. The van der Waals surface area contributed by atoms with Crippen LogP contribution in [-0.2, 0) is 19.7 Å². The first-order chi connectivity index (χ1) is 13.5. The first-order valence-electron chi connectivity index (χ1n) is 9.25. The van der Waals surface area contributed by atoms with Crippen LogP contribution in [0.2, 0.25) is 5.02 Å². The SMILES string of the molecule is CCn1cc(CNC(=O)c2ccc(COc3ccc(Cl)c(C)c3)cc2)c(C)n1. The second kappa shape index (κ2) is 8.93. The molecule has 6 heteroatoms. The summed E-state index contributed by atoms with van der Waals surface area (Å²) in [6.45, 7) is 7.63. The zero-order valence-electron chi connectivity index (χ0n) is 16.3. The lowest BCUT2D eigenvalue weighted by Crippen LogP contribution is -2.22. The van der Waals surface area contributed by atoms with Crippen molar-refractivity contribution in [3.63, 3.8) is 0 Å². The van der Waals surface area contributed by atoms with Gasteiger partial charge >= 0.3 is 0 Å². The molecule has 0 aliphatic heterocycles. The summed E-state index contributed by atoms with van der Waals surface area (Å²) in [7, 11) is 0. The van der Waals surface area contributed by atoms with E-state index in [1.54, 1.807) is 0 Å². The number of nitrogens with zero attached hydrogens (tertiary/aromatic N) is 2. The number of ether oxygens (including phenoxy) is 1. The second-order valence-corrected chi connectivity index (χ2v) is 7.08. The Labute approximate surface area is 170 Å². The van der Waals surface area contributed by atoms with Gasteiger partial charge in [0.15, 0.2) is 0 Å². The summed E-state index contributed by atoms with van der Waals surface area (Å²) in [5, 5.41) is 8.06. The Kier molecular flexibility index (Phi) is 6.37. The predicted molar refractivity (Wildman–Crippen MR) is 111 cm³/mol. The highest BCUT2D eigenvalue weighted by Gasteiger charge is 2.09. The Morgan fingerprint density at radius 2 is 1.93 bits per heavy atom. The van der Waals surface area contributed by atoms with Gasteiger partial charge in [-0.1, -0.05) is 23.7 Å². The number of benzene rings is 2. The maximum Gasteiger partial charge on any atom is 0.251 e. The van der Waals surface area contributed by atoms with Crippen LogP contribution in [0.1, 0.15) is 39.7 Å². The topological polar surface area (TPSA) is 56.2 Å². The lowest BCUT2D eigenvalue weighted by Gasteiger charge is -2.09. The van der Waals surface area contributed by atoms with Gasteiger partial charge in [-0.3, -0.25) is 9.48 Å². The van der Waals surface area contributed by atoms with Crippen molar-refractivity contribution in [2.75, 3.05) is 0 Å². The van der Waals surface area contributed by atoms with E-state index >= 15 is 0 Å². The van der Waals surface area contributed by atoms with Gasteiger partial charge in [0.25, 0.3) is 5.91 Å². The molecule has 0 aliphatic carbocycles. The summed E-state index contributed by atoms with van der Waals surface area (Å²) in [5.41, 5.74) is 4.55. The minimum Gasteiger partial charge on any atom is -0.489 e. The summed E-state index contributed by atoms with van der Waals surface area (Å²) >= 11 is 6.03. The van der Waals surface area contributed by atoms with Crippen LogP contribution in [0.15, 0.2) is 48.7 Å². The molecule has 1 N–H and O–H groups in total. The molecule has 0 fully saturated rings. The first kappa shape index (κ1) is 20.0. The van der Waals surface area contributed by atoms with Crippen molar-refractivity contribution in [2.45, 2.75) is 40.5 Å². The highest BCUT2D eigenvalue weighted by molar-refractivity contribution is 6.31. The van der Waals surface area contributed by atoms with Crippen LogP contribution in [0, 0.1) is 13.8 Å². The fraction of sp³-hybridized carbons (Fsp3) is 0.273. The lowest BCUT2D eigenvalue weighted by molar-refractivity contribution is 0.0951. The maximum absolute atomic E-state index is 12.4. The van der Waals surface area contributed by atoms with E-state index in [4.69, 9.17) is 16.3 Å². The summed E-state index contributed by atoms with van der Waals surface area (Å²) < 4.78 is 7.66. The number of amides is 1. The maximum atomic E-state index is 12.4. The van der Waals surface area contributed by atoms with Gasteiger partial charge in [0.2, 0.25) is 0 Å². The van der Waals surface area contributed by atoms with E-state index in [0.29, 0.717) is 18.7 Å². The molecule has 0 unspecified atom stereocenters. The number of rotatable bonds is 7. The average molecular weight is 398 g/mol. The number of nitrogens with one attached hydrogen (secondary N) is 1. The smallest absolute Gasteiger partial charge is 0.251 e. The molecule has 2 aromatic carbocycles. The van der Waals surface area contributed by atoms with Crippen LogP contribution < -0.4 is 10.1 Å². The van der Waals surface area contributed by atoms with E-state index in [1.807, 2.05) is 74.1 Å². The zero-order chi connectivity index (χ0) is 20.1. The lowest BCUT2D eigenvalue weighted by atomic mass is 10.1. The highest BCUT2D eigenvalue weighted by Crippen LogP contribution is 2.22. The molecule has 3 rings (SSSR count). The van der Waals surface area contributed by atoms with Gasteiger partial charge in [0.1, 0.15) is 12.4 Å². The van der Waals surface area contributed by atoms with E-state index < -0.39 is 0 Å². The quantitative estimate of drug-likeness (QED) is 0.629. The number of carbonyl (C=O) groups is 1. The normalized spacial score (nSPS) is 10.7. The van der Waals surface area contributed by atoms with E-state index in [-0.39, 0.29) is 5.91 Å². The second-order valence-electron chi connectivity index (χ2n) is 6.67. The first-order valence-corrected chi connectivity index (χ1v) is 9.63. The Hall–Kier alpha value is -2.79. The molecular weight excluding hydrogens is 374 g/mol. The molecule has 0 saturated carbocycles. The van der Waals surface area contributed by atoms with Crippen molar-refractivity contribution in [2.24, 2.45) is 0 Å². The number of halogens is 1. The van der Waals surface area contributed by atoms with Crippen LogP contribution in [0.4, 0.5) is 0 Å². The number of hydrogen-bond acceptors (Lipinski definition) is 3. The molecule has 5 nitrogen and oxygen atoms in total. The third kappa shape index (κ3) is 4.93. The molecule has 0 bridgehead atoms. The molecule has 0 aliphatic rings. The Morgan fingerprint density at radius 1 is 1.18 bits per heavy atom. The number of aryl methyl sites for hydroxylation is 3. The standard InChI is InChI=1S/C22H24ClN3O2/c1-4-26-13-19(16(3)25-26)12-24-22(27)18-7-5-17(6-8-18)14-28-20-9-10-21(23)15(2)11-20/h5-11,13H,4,12,14H2,1-3H3,(H,24,27). The Balaban J connectivity index is 1.54. The van der Waals surface area contributed by atoms with Crippen molar-refractivity contribution in [1.29, 1.82) is 0 Å². The van der Waals surface area contributed by atoms with Gasteiger partial charge in [-0.15, -0.1) is 0 Å². The average Bonchev–Trinajstić information content (AvgIpc) is 3.07. The van der Waals surface area contributed by atoms with Crippen LogP contribution in [0.5, 0.6) is 5.75 Å². The van der Waals surface area contributed by atoms with E-state index in [0.717, 1.165) is 39.7 Å². The van der Waals surface area contributed by atoms with Crippen LogP contribution in [0.3, 0.4) is 0 Å². The van der Waals surface area contributed by atoms with Crippen molar-refractivity contribution >= 4 is 17.5 Å². The van der Waals surface area contributed by atoms with Gasteiger partial charge in [-0.2, -0.15) is 5.10 Å². The minimum atomic E-state index is -0.107. The monoisotopic (exact) mass is 397 g/mol. The van der Waals surface area contributed by atoms with Crippen LogP contribution >= 0.6 is 11.6 Å². The van der Waals surface area contributed by atoms with Gasteiger partial charge in [-0.05, 0) is 62.2 Å². The third-order valence-corrected chi connectivity index (χ3v) is 4.99. The molecule has 146 valence electrons. The molecule has 0 atom stereocenters. The summed E-state index contributed by atoms with van der Waals surface area (Å²) in [4.78, 5) is 12.4. The van der Waals surface area contributed by atoms with E-state index in [9.17, 15) is 4.79 Å². The van der Waals surface area contributed by atoms with Crippen molar-refractivity contribution < 1.29 is 9.53 Å². The Morgan fingerprint density at radius 3 is 2.57 bits per heavy atom. The van der Waals surface area contributed by atoms with Gasteiger partial charge < -0.3 is 10.1 Å². The van der Waals surface area contributed by atoms with Crippen molar-refractivity contribution in [3.8, 4) is 5.75 Å². The molecule has 1 amide bonds. The van der Waals surface area contributed by atoms with Crippen molar-refractivity contribution in [3.05, 3.63) is 81.6 Å². The van der Waals surface area contributed by atoms with E-state index in [1.165, 1.54) is 0 Å². The molecule has 28 heavy (non-hydrogen) atoms. The molecule has 0 spiro atoms. The largest absolute Gasteiger partial charge is 0.489 e. The minimum absolute atomic E-state index is 0.107. The van der Waals surface area contributed by atoms with Gasteiger partial charge in [0.05, 0.1) is 5.69 Å². The predicted octanol–water partition coefficient (Wildman–Crippen LogP) is 4.68. The fourth-order valence-corrected chi connectivity index (χ4v) is 2.92. The summed E-state index contributed by atoms with van der Waals surface area (Å²) in [6, 6.07) is 13.0. The molecule has 0 radical (unpaired) electrons. The number of hydrogen-bond donors (Lipinski definition) is 1.